The molecule has 1 aromatic carbocycles. The van der Waals surface area contributed by atoms with Crippen LogP contribution >= 0.6 is 0 Å². The quantitative estimate of drug-likeness (QED) is 0.743. The van der Waals surface area contributed by atoms with Crippen molar-refractivity contribution in [3.05, 3.63) is 29.3 Å². The van der Waals surface area contributed by atoms with E-state index >= 15 is 0 Å². The summed E-state index contributed by atoms with van der Waals surface area (Å²) >= 11 is 0. The van der Waals surface area contributed by atoms with Gasteiger partial charge in [-0.2, -0.15) is 0 Å². The van der Waals surface area contributed by atoms with Gasteiger partial charge in [0, 0.05) is 11.1 Å². The Morgan fingerprint density at radius 2 is 2.21 bits per heavy atom. The van der Waals surface area contributed by atoms with Crippen LogP contribution in [-0.2, 0) is 6.61 Å². The average Bonchev–Trinajstić information content (AvgIpc) is 2.18. The van der Waals surface area contributed by atoms with Crippen molar-refractivity contribution >= 4 is 5.78 Å². The summed E-state index contributed by atoms with van der Waals surface area (Å²) < 4.78 is 5.29. The fourth-order valence-corrected chi connectivity index (χ4v) is 1.22. The number of hydrogen-bond acceptors (Lipinski definition) is 3. The number of benzene rings is 1. The van der Waals surface area contributed by atoms with Gasteiger partial charge in [-0.1, -0.05) is 0 Å². The zero-order chi connectivity index (χ0) is 10.6. The number of hydrogen-bond donors (Lipinski definition) is 1. The van der Waals surface area contributed by atoms with Crippen LogP contribution in [0.15, 0.2) is 18.2 Å². The van der Waals surface area contributed by atoms with Gasteiger partial charge in [-0.3, -0.25) is 4.79 Å². The second-order valence-corrected chi connectivity index (χ2v) is 2.97. The van der Waals surface area contributed by atoms with E-state index < -0.39 is 0 Å². The number of aliphatic hydroxyl groups is 1. The fraction of sp³-hybridized carbons (Fsp3) is 0.364. The van der Waals surface area contributed by atoms with Gasteiger partial charge in [0.25, 0.3) is 0 Å². The summed E-state index contributed by atoms with van der Waals surface area (Å²) in [6, 6.07) is 5.08. The number of ketones is 1. The molecule has 0 aliphatic carbocycles. The minimum Gasteiger partial charge on any atom is -0.494 e. The average molecular weight is 194 g/mol. The van der Waals surface area contributed by atoms with Crippen LogP contribution in [0, 0.1) is 0 Å². The number of ether oxygens (including phenoxy) is 1. The maximum atomic E-state index is 11.1. The molecule has 14 heavy (non-hydrogen) atoms. The highest BCUT2D eigenvalue weighted by Gasteiger charge is 2.06. The minimum absolute atomic E-state index is 0.0113. The highest BCUT2D eigenvalue weighted by Crippen LogP contribution is 2.20. The standard InChI is InChI=1S/C11H14O3/c1-3-14-11-5-4-9(8(2)13)6-10(11)7-12/h4-6,12H,3,7H2,1-2H3. The molecule has 0 aromatic heterocycles. The van der Waals surface area contributed by atoms with E-state index in [9.17, 15) is 4.79 Å². The number of carbonyl (C=O) groups is 1. The smallest absolute Gasteiger partial charge is 0.159 e. The SMILES string of the molecule is CCOc1ccc(C(C)=O)cc1CO. The van der Waals surface area contributed by atoms with E-state index in [0.717, 1.165) is 0 Å². The van der Waals surface area contributed by atoms with Crippen LogP contribution in [0.5, 0.6) is 5.75 Å². The first kappa shape index (κ1) is 10.7. The van der Waals surface area contributed by atoms with Crippen LogP contribution < -0.4 is 4.74 Å². The molecule has 0 aliphatic rings. The van der Waals surface area contributed by atoms with E-state index in [1.165, 1.54) is 6.92 Å². The third kappa shape index (κ3) is 2.33. The van der Waals surface area contributed by atoms with E-state index in [1.807, 2.05) is 6.92 Å². The van der Waals surface area contributed by atoms with Crippen molar-refractivity contribution < 1.29 is 14.6 Å². The third-order valence-electron chi connectivity index (χ3n) is 1.94. The molecule has 0 saturated carbocycles. The van der Waals surface area contributed by atoms with Gasteiger partial charge in [0.05, 0.1) is 13.2 Å². The molecule has 0 fully saturated rings. The first-order valence-corrected chi connectivity index (χ1v) is 4.56. The number of rotatable bonds is 4. The summed E-state index contributed by atoms with van der Waals surface area (Å²) in [5, 5.41) is 9.06. The van der Waals surface area contributed by atoms with E-state index in [1.54, 1.807) is 18.2 Å². The van der Waals surface area contributed by atoms with Gasteiger partial charge in [-0.15, -0.1) is 0 Å². The van der Waals surface area contributed by atoms with Crippen molar-refractivity contribution in [2.24, 2.45) is 0 Å². The molecule has 0 spiro atoms. The molecular formula is C11H14O3. The predicted molar refractivity (Wildman–Crippen MR) is 53.5 cm³/mol. The summed E-state index contributed by atoms with van der Waals surface area (Å²) in [6.07, 6.45) is 0. The number of carbonyl (C=O) groups excluding carboxylic acids is 1. The molecule has 1 N–H and O–H groups in total. The Labute approximate surface area is 83.3 Å². The summed E-state index contributed by atoms with van der Waals surface area (Å²) in [5.41, 5.74) is 1.25. The Morgan fingerprint density at radius 3 is 2.71 bits per heavy atom. The van der Waals surface area contributed by atoms with Crippen LogP contribution in [0.25, 0.3) is 0 Å². The van der Waals surface area contributed by atoms with Crippen LogP contribution in [0.1, 0.15) is 29.8 Å². The zero-order valence-corrected chi connectivity index (χ0v) is 8.41. The molecule has 0 saturated heterocycles. The minimum atomic E-state index is -0.115. The van der Waals surface area contributed by atoms with Crippen molar-refractivity contribution in [2.45, 2.75) is 20.5 Å². The number of Topliss-reactive ketones (excluding diaryl/α,β-unsaturated/α-hetero) is 1. The molecule has 0 aliphatic heterocycles. The van der Waals surface area contributed by atoms with Crippen molar-refractivity contribution in [2.75, 3.05) is 6.61 Å². The fourth-order valence-electron chi connectivity index (χ4n) is 1.22. The van der Waals surface area contributed by atoms with Crippen LogP contribution in [-0.4, -0.2) is 17.5 Å². The molecule has 0 heterocycles. The van der Waals surface area contributed by atoms with Gasteiger partial charge in [0.1, 0.15) is 5.75 Å². The van der Waals surface area contributed by atoms with Crippen molar-refractivity contribution in [1.82, 2.24) is 0 Å². The maximum Gasteiger partial charge on any atom is 0.159 e. The monoisotopic (exact) mass is 194 g/mol. The Balaban J connectivity index is 3.04. The lowest BCUT2D eigenvalue weighted by Crippen LogP contribution is -2.00. The second kappa shape index (κ2) is 4.77. The van der Waals surface area contributed by atoms with Gasteiger partial charge in [-0.25, -0.2) is 0 Å². The Hall–Kier alpha value is -1.35. The highest BCUT2D eigenvalue weighted by atomic mass is 16.5. The molecule has 0 atom stereocenters. The van der Waals surface area contributed by atoms with Gasteiger partial charge >= 0.3 is 0 Å². The molecular weight excluding hydrogens is 180 g/mol. The number of aliphatic hydroxyl groups excluding tert-OH is 1. The first-order chi connectivity index (χ1) is 6.69. The topological polar surface area (TPSA) is 46.5 Å². The molecule has 0 unspecified atom stereocenters. The van der Waals surface area contributed by atoms with Crippen molar-refractivity contribution in [3.8, 4) is 5.75 Å². The Bertz CT molecular complexity index is 331. The summed E-state index contributed by atoms with van der Waals surface area (Å²) in [6.45, 7) is 3.81. The van der Waals surface area contributed by atoms with E-state index in [4.69, 9.17) is 9.84 Å². The van der Waals surface area contributed by atoms with Crippen LogP contribution in [0.4, 0.5) is 0 Å². The molecule has 3 heteroatoms. The summed E-state index contributed by atoms with van der Waals surface area (Å²) in [4.78, 5) is 11.1. The molecule has 3 nitrogen and oxygen atoms in total. The van der Waals surface area contributed by atoms with E-state index in [-0.39, 0.29) is 12.4 Å². The van der Waals surface area contributed by atoms with Gasteiger partial charge < -0.3 is 9.84 Å². The lowest BCUT2D eigenvalue weighted by Gasteiger charge is -2.08. The molecule has 1 aromatic rings. The first-order valence-electron chi connectivity index (χ1n) is 4.56. The molecule has 0 radical (unpaired) electrons. The maximum absolute atomic E-state index is 11.1. The second-order valence-electron chi connectivity index (χ2n) is 2.97. The normalized spacial score (nSPS) is 9.93. The van der Waals surface area contributed by atoms with Crippen LogP contribution in [0.3, 0.4) is 0 Å². The van der Waals surface area contributed by atoms with Crippen molar-refractivity contribution in [3.63, 3.8) is 0 Å². The predicted octanol–water partition coefficient (Wildman–Crippen LogP) is 1.78. The zero-order valence-electron chi connectivity index (χ0n) is 8.41. The summed E-state index contributed by atoms with van der Waals surface area (Å²) in [7, 11) is 0. The highest BCUT2D eigenvalue weighted by molar-refractivity contribution is 5.94. The lowest BCUT2D eigenvalue weighted by molar-refractivity contribution is 0.101. The Morgan fingerprint density at radius 1 is 1.50 bits per heavy atom. The van der Waals surface area contributed by atoms with Gasteiger partial charge in [-0.05, 0) is 32.0 Å². The molecule has 0 bridgehead atoms. The van der Waals surface area contributed by atoms with Gasteiger partial charge in [0.2, 0.25) is 0 Å². The van der Waals surface area contributed by atoms with Gasteiger partial charge in [0.15, 0.2) is 5.78 Å². The largest absolute Gasteiger partial charge is 0.494 e. The lowest BCUT2D eigenvalue weighted by atomic mass is 10.1. The molecule has 1 rings (SSSR count). The van der Waals surface area contributed by atoms with E-state index in [2.05, 4.69) is 0 Å². The van der Waals surface area contributed by atoms with Crippen LogP contribution in [0.2, 0.25) is 0 Å². The van der Waals surface area contributed by atoms with Crippen molar-refractivity contribution in [1.29, 1.82) is 0 Å². The summed E-state index contributed by atoms with van der Waals surface area (Å²) in [5.74, 6) is 0.628. The molecule has 76 valence electrons. The third-order valence-corrected chi connectivity index (χ3v) is 1.94. The Kier molecular flexibility index (Phi) is 3.65. The van der Waals surface area contributed by atoms with E-state index in [0.29, 0.717) is 23.5 Å². The molecule has 0 amide bonds.